The summed E-state index contributed by atoms with van der Waals surface area (Å²) in [5.74, 6) is -0.232. The number of hydrogen-bond donors (Lipinski definition) is 1. The number of likely N-dealkylation sites (N-methyl/N-ethyl adjacent to an activating group) is 1. The Balaban J connectivity index is 1.43. The highest BCUT2D eigenvalue weighted by Gasteiger charge is 2.36. The first kappa shape index (κ1) is 18.0. The molecule has 2 amide bonds. The molecule has 5 heteroatoms. The summed E-state index contributed by atoms with van der Waals surface area (Å²) < 4.78 is 0. The van der Waals surface area contributed by atoms with Crippen LogP contribution in [-0.2, 0) is 9.59 Å². The van der Waals surface area contributed by atoms with E-state index in [4.69, 9.17) is 0 Å². The smallest absolute Gasteiger partial charge is 0.227 e. The number of anilines is 1. The first-order valence-corrected chi connectivity index (χ1v) is 9.97. The average Bonchev–Trinajstić information content (AvgIpc) is 3.31. The Bertz CT molecular complexity index is 845. The van der Waals surface area contributed by atoms with Crippen LogP contribution in [-0.4, -0.2) is 48.9 Å². The van der Waals surface area contributed by atoms with Crippen LogP contribution in [0.25, 0.3) is 10.8 Å². The van der Waals surface area contributed by atoms with Gasteiger partial charge >= 0.3 is 0 Å². The summed E-state index contributed by atoms with van der Waals surface area (Å²) in [6, 6.07) is 14.5. The number of nitrogens with one attached hydrogen (secondary N) is 1. The topological polar surface area (TPSA) is 52.7 Å². The molecule has 0 bridgehead atoms. The van der Waals surface area contributed by atoms with Gasteiger partial charge in [0.1, 0.15) is 0 Å². The van der Waals surface area contributed by atoms with Crippen LogP contribution >= 0.6 is 0 Å². The minimum absolute atomic E-state index is 0.00837. The van der Waals surface area contributed by atoms with Crippen LogP contribution in [0.1, 0.15) is 26.2 Å². The van der Waals surface area contributed by atoms with Crippen LogP contribution in [0.2, 0.25) is 0 Å². The van der Waals surface area contributed by atoms with Gasteiger partial charge in [0.15, 0.2) is 0 Å². The Morgan fingerprint density at radius 2 is 2.00 bits per heavy atom. The third-order valence-electron chi connectivity index (χ3n) is 5.97. The lowest BCUT2D eigenvalue weighted by atomic mass is 10.1. The molecule has 0 aromatic heterocycles. The molecule has 142 valence electrons. The zero-order valence-corrected chi connectivity index (χ0v) is 15.9. The minimum atomic E-state index is -0.270. The molecule has 2 heterocycles. The van der Waals surface area contributed by atoms with Crippen LogP contribution < -0.4 is 10.2 Å². The van der Waals surface area contributed by atoms with E-state index >= 15 is 0 Å². The molecule has 2 aromatic rings. The maximum Gasteiger partial charge on any atom is 0.227 e. The van der Waals surface area contributed by atoms with E-state index in [1.165, 1.54) is 6.42 Å². The van der Waals surface area contributed by atoms with E-state index in [1.807, 2.05) is 42.5 Å². The summed E-state index contributed by atoms with van der Waals surface area (Å²) in [4.78, 5) is 29.5. The van der Waals surface area contributed by atoms with Gasteiger partial charge < -0.3 is 10.2 Å². The van der Waals surface area contributed by atoms with Gasteiger partial charge in [0, 0.05) is 30.9 Å². The van der Waals surface area contributed by atoms with Crippen LogP contribution in [0.5, 0.6) is 0 Å². The van der Waals surface area contributed by atoms with Crippen molar-refractivity contribution in [3.05, 3.63) is 42.5 Å². The van der Waals surface area contributed by atoms with E-state index in [-0.39, 0.29) is 24.2 Å². The Morgan fingerprint density at radius 1 is 1.19 bits per heavy atom. The molecule has 0 aliphatic carbocycles. The number of fused-ring (bicyclic) bond motifs is 1. The zero-order chi connectivity index (χ0) is 18.8. The SMILES string of the molecule is CCN1CCCC1CNC(=O)C1CC(=O)N(c2cccc3ccccc23)C1. The van der Waals surface area contributed by atoms with Gasteiger partial charge in [-0.15, -0.1) is 0 Å². The van der Waals surface area contributed by atoms with Gasteiger partial charge in [0.05, 0.1) is 11.6 Å². The van der Waals surface area contributed by atoms with Crippen LogP contribution in [0.15, 0.2) is 42.5 Å². The van der Waals surface area contributed by atoms with Gasteiger partial charge in [0.2, 0.25) is 11.8 Å². The van der Waals surface area contributed by atoms with Crippen molar-refractivity contribution < 1.29 is 9.59 Å². The first-order valence-electron chi connectivity index (χ1n) is 9.97. The summed E-state index contributed by atoms with van der Waals surface area (Å²) in [6.45, 7) is 5.45. The Hall–Kier alpha value is -2.40. The van der Waals surface area contributed by atoms with Crippen LogP contribution in [0.4, 0.5) is 5.69 Å². The molecule has 2 atom stereocenters. The van der Waals surface area contributed by atoms with E-state index in [0.717, 1.165) is 36.0 Å². The molecule has 2 saturated heterocycles. The van der Waals surface area contributed by atoms with Gasteiger partial charge in [-0.1, -0.05) is 43.3 Å². The predicted octanol–water partition coefficient (Wildman–Crippen LogP) is 2.79. The van der Waals surface area contributed by atoms with Gasteiger partial charge in [-0.25, -0.2) is 0 Å². The molecule has 0 spiro atoms. The van der Waals surface area contributed by atoms with Crippen molar-refractivity contribution in [2.24, 2.45) is 5.92 Å². The molecular weight excluding hydrogens is 338 g/mol. The summed E-state index contributed by atoms with van der Waals surface area (Å²) >= 11 is 0. The Labute approximate surface area is 160 Å². The molecule has 2 aliphatic rings. The monoisotopic (exact) mass is 365 g/mol. The van der Waals surface area contributed by atoms with E-state index < -0.39 is 0 Å². The maximum absolute atomic E-state index is 12.7. The largest absolute Gasteiger partial charge is 0.354 e. The summed E-state index contributed by atoms with van der Waals surface area (Å²) in [7, 11) is 0. The fourth-order valence-corrected chi connectivity index (χ4v) is 4.47. The van der Waals surface area contributed by atoms with Gasteiger partial charge in [0.25, 0.3) is 0 Å². The Morgan fingerprint density at radius 3 is 2.85 bits per heavy atom. The molecule has 0 saturated carbocycles. The molecule has 2 aromatic carbocycles. The normalized spacial score (nSPS) is 23.3. The van der Waals surface area contributed by atoms with E-state index in [1.54, 1.807) is 4.90 Å². The minimum Gasteiger partial charge on any atom is -0.354 e. The van der Waals surface area contributed by atoms with E-state index in [9.17, 15) is 9.59 Å². The fraction of sp³-hybridized carbons (Fsp3) is 0.455. The standard InChI is InChI=1S/C22H27N3O2/c1-2-24-12-6-9-18(24)14-23-22(27)17-13-21(26)25(15-17)20-11-5-8-16-7-3-4-10-19(16)20/h3-5,7-8,10-11,17-18H,2,6,9,12-15H2,1H3,(H,23,27). The second-order valence-corrected chi connectivity index (χ2v) is 7.57. The number of carbonyl (C=O) groups is 2. The Kier molecular flexibility index (Phi) is 5.12. The van der Waals surface area contributed by atoms with E-state index in [0.29, 0.717) is 19.1 Å². The first-order chi connectivity index (χ1) is 13.2. The molecule has 2 fully saturated rings. The number of amides is 2. The lowest BCUT2D eigenvalue weighted by Crippen LogP contribution is -2.42. The van der Waals surface area contributed by atoms with Crippen molar-refractivity contribution in [2.45, 2.75) is 32.2 Å². The third kappa shape index (κ3) is 3.56. The van der Waals surface area contributed by atoms with Crippen molar-refractivity contribution in [3.8, 4) is 0 Å². The lowest BCUT2D eigenvalue weighted by Gasteiger charge is -2.23. The second-order valence-electron chi connectivity index (χ2n) is 7.57. The summed E-state index contributed by atoms with van der Waals surface area (Å²) in [5, 5.41) is 5.26. The fourth-order valence-electron chi connectivity index (χ4n) is 4.47. The van der Waals surface area contributed by atoms with Crippen molar-refractivity contribution in [3.63, 3.8) is 0 Å². The number of benzene rings is 2. The van der Waals surface area contributed by atoms with Gasteiger partial charge in [-0.05, 0) is 37.4 Å². The number of hydrogen-bond acceptors (Lipinski definition) is 3. The zero-order valence-electron chi connectivity index (χ0n) is 15.9. The molecule has 27 heavy (non-hydrogen) atoms. The van der Waals surface area contributed by atoms with Crippen LogP contribution in [0.3, 0.4) is 0 Å². The highest BCUT2D eigenvalue weighted by atomic mass is 16.2. The summed E-state index contributed by atoms with van der Waals surface area (Å²) in [6.07, 6.45) is 2.63. The molecule has 4 rings (SSSR count). The molecule has 5 nitrogen and oxygen atoms in total. The van der Waals surface area contributed by atoms with E-state index in [2.05, 4.69) is 17.1 Å². The molecular formula is C22H27N3O2. The maximum atomic E-state index is 12.7. The number of nitrogens with zero attached hydrogens (tertiary/aromatic N) is 2. The van der Waals surface area contributed by atoms with Crippen molar-refractivity contribution in [1.29, 1.82) is 0 Å². The lowest BCUT2D eigenvalue weighted by molar-refractivity contribution is -0.126. The molecule has 0 radical (unpaired) electrons. The molecule has 2 aliphatic heterocycles. The highest BCUT2D eigenvalue weighted by molar-refractivity contribution is 6.06. The van der Waals surface area contributed by atoms with Gasteiger partial charge in [-0.3, -0.25) is 14.5 Å². The van der Waals surface area contributed by atoms with Gasteiger partial charge in [-0.2, -0.15) is 0 Å². The molecule has 2 unspecified atom stereocenters. The molecule has 1 N–H and O–H groups in total. The second kappa shape index (κ2) is 7.69. The third-order valence-corrected chi connectivity index (χ3v) is 5.97. The summed E-state index contributed by atoms with van der Waals surface area (Å²) in [5.41, 5.74) is 0.904. The highest BCUT2D eigenvalue weighted by Crippen LogP contribution is 2.31. The number of carbonyl (C=O) groups excluding carboxylic acids is 2. The number of rotatable bonds is 5. The average molecular weight is 365 g/mol. The van der Waals surface area contributed by atoms with Crippen molar-refractivity contribution >= 4 is 28.3 Å². The predicted molar refractivity (Wildman–Crippen MR) is 108 cm³/mol. The number of likely N-dealkylation sites (tertiary alicyclic amines) is 1. The van der Waals surface area contributed by atoms with Crippen LogP contribution in [0, 0.1) is 5.92 Å². The van der Waals surface area contributed by atoms with Crippen molar-refractivity contribution in [1.82, 2.24) is 10.2 Å². The van der Waals surface area contributed by atoms with Crippen molar-refractivity contribution in [2.75, 3.05) is 31.1 Å². The quantitative estimate of drug-likeness (QED) is 0.886.